The standard InChI is InChI=1S/C53H103NO5/c1-3-5-7-9-11-13-15-16-23-27-31-35-39-43-47-53(58)59-48-44-40-36-32-28-24-21-19-17-18-20-22-26-30-34-38-42-46-52(57)54-50(49-55)51(56)45-41-37-33-29-25-14-12-10-8-6-4-2/h41,45,50-51,55-56H,3-40,42-44,46-49H2,1-2H3,(H,54,57)/b45-41+. The Morgan fingerprint density at radius 2 is 0.780 bits per heavy atom. The summed E-state index contributed by atoms with van der Waals surface area (Å²) in [5.41, 5.74) is 0. The second-order valence-corrected chi connectivity index (χ2v) is 18.2. The van der Waals surface area contributed by atoms with Gasteiger partial charge in [-0.1, -0.05) is 257 Å². The van der Waals surface area contributed by atoms with Gasteiger partial charge in [0.1, 0.15) is 0 Å². The minimum absolute atomic E-state index is 0.00665. The predicted octanol–water partition coefficient (Wildman–Crippen LogP) is 15.7. The summed E-state index contributed by atoms with van der Waals surface area (Å²) < 4.78 is 5.47. The number of carbonyl (C=O) groups excluding carboxylic acids is 2. The van der Waals surface area contributed by atoms with Gasteiger partial charge in [-0.2, -0.15) is 0 Å². The maximum atomic E-state index is 12.4. The lowest BCUT2D eigenvalue weighted by atomic mass is 10.0. The number of carbonyl (C=O) groups is 2. The molecule has 6 heteroatoms. The summed E-state index contributed by atoms with van der Waals surface area (Å²) in [5.74, 6) is -0.0671. The lowest BCUT2D eigenvalue weighted by Crippen LogP contribution is -2.45. The van der Waals surface area contributed by atoms with E-state index in [0.29, 0.717) is 19.4 Å². The summed E-state index contributed by atoms with van der Waals surface area (Å²) in [5, 5.41) is 23.0. The van der Waals surface area contributed by atoms with Crippen molar-refractivity contribution in [2.45, 2.75) is 302 Å². The van der Waals surface area contributed by atoms with Crippen molar-refractivity contribution in [3.8, 4) is 0 Å². The van der Waals surface area contributed by atoms with E-state index in [1.54, 1.807) is 6.08 Å². The zero-order valence-corrected chi connectivity index (χ0v) is 39.7. The Morgan fingerprint density at radius 3 is 1.15 bits per heavy atom. The van der Waals surface area contributed by atoms with Crippen LogP contribution in [0.5, 0.6) is 0 Å². The minimum atomic E-state index is -0.845. The maximum Gasteiger partial charge on any atom is 0.305 e. The molecule has 2 atom stereocenters. The van der Waals surface area contributed by atoms with E-state index in [4.69, 9.17) is 4.74 Å². The lowest BCUT2D eigenvalue weighted by molar-refractivity contribution is -0.143. The van der Waals surface area contributed by atoms with E-state index in [0.717, 1.165) is 38.5 Å². The van der Waals surface area contributed by atoms with Crippen LogP contribution in [-0.4, -0.2) is 47.4 Å². The molecular weight excluding hydrogens is 731 g/mol. The number of hydrogen-bond donors (Lipinski definition) is 3. The van der Waals surface area contributed by atoms with Crippen LogP contribution < -0.4 is 5.32 Å². The van der Waals surface area contributed by atoms with Gasteiger partial charge in [-0.3, -0.25) is 9.59 Å². The monoisotopic (exact) mass is 834 g/mol. The molecule has 0 saturated heterocycles. The quantitative estimate of drug-likeness (QED) is 0.0322. The van der Waals surface area contributed by atoms with E-state index in [9.17, 15) is 19.8 Å². The number of esters is 1. The van der Waals surface area contributed by atoms with E-state index in [1.165, 1.54) is 225 Å². The number of ether oxygens (including phenoxy) is 1. The number of amides is 1. The molecule has 2 unspecified atom stereocenters. The van der Waals surface area contributed by atoms with E-state index in [-0.39, 0.29) is 18.5 Å². The molecule has 59 heavy (non-hydrogen) atoms. The Kier molecular flexibility index (Phi) is 48.1. The van der Waals surface area contributed by atoms with Gasteiger partial charge in [0, 0.05) is 12.8 Å². The molecule has 0 aromatic rings. The summed E-state index contributed by atoms with van der Waals surface area (Å²) in [6, 6.07) is -0.629. The Bertz CT molecular complexity index is 878. The number of aliphatic hydroxyl groups excluding tert-OH is 2. The van der Waals surface area contributed by atoms with Crippen LogP contribution in [0, 0.1) is 0 Å². The summed E-state index contributed by atoms with van der Waals surface area (Å²) in [6.45, 7) is 4.89. The van der Waals surface area contributed by atoms with Gasteiger partial charge in [-0.15, -0.1) is 0 Å². The van der Waals surface area contributed by atoms with Gasteiger partial charge in [-0.25, -0.2) is 0 Å². The zero-order chi connectivity index (χ0) is 43.0. The molecule has 0 aliphatic heterocycles. The highest BCUT2D eigenvalue weighted by Crippen LogP contribution is 2.17. The van der Waals surface area contributed by atoms with Crippen molar-refractivity contribution < 1.29 is 24.5 Å². The first-order chi connectivity index (χ1) is 29.0. The number of rotatable bonds is 49. The molecule has 0 radical (unpaired) electrons. The van der Waals surface area contributed by atoms with Crippen LogP contribution in [0.2, 0.25) is 0 Å². The number of allylic oxidation sites excluding steroid dienone is 1. The number of aliphatic hydroxyl groups is 2. The van der Waals surface area contributed by atoms with E-state index < -0.39 is 12.1 Å². The fraction of sp³-hybridized carbons (Fsp3) is 0.925. The molecule has 0 fully saturated rings. The van der Waals surface area contributed by atoms with Crippen LogP contribution in [0.25, 0.3) is 0 Å². The fourth-order valence-corrected chi connectivity index (χ4v) is 8.22. The van der Waals surface area contributed by atoms with E-state index in [2.05, 4.69) is 19.2 Å². The molecule has 0 rings (SSSR count). The van der Waals surface area contributed by atoms with Crippen LogP contribution in [0.15, 0.2) is 12.2 Å². The van der Waals surface area contributed by atoms with Crippen molar-refractivity contribution in [1.82, 2.24) is 5.32 Å². The van der Waals surface area contributed by atoms with Crippen LogP contribution in [0.3, 0.4) is 0 Å². The zero-order valence-electron chi connectivity index (χ0n) is 39.7. The smallest absolute Gasteiger partial charge is 0.305 e. The molecule has 0 aliphatic rings. The third-order valence-electron chi connectivity index (χ3n) is 12.3. The summed E-state index contributed by atoms with van der Waals surface area (Å²) in [4.78, 5) is 24.4. The van der Waals surface area contributed by atoms with Crippen LogP contribution in [0.4, 0.5) is 0 Å². The van der Waals surface area contributed by atoms with Gasteiger partial charge >= 0.3 is 5.97 Å². The summed E-state index contributed by atoms with van der Waals surface area (Å²) >= 11 is 0. The topological polar surface area (TPSA) is 95.9 Å². The third kappa shape index (κ3) is 45.9. The molecule has 3 N–H and O–H groups in total. The molecular formula is C53H103NO5. The molecule has 0 aromatic heterocycles. The van der Waals surface area contributed by atoms with Crippen molar-refractivity contribution in [1.29, 1.82) is 0 Å². The molecule has 6 nitrogen and oxygen atoms in total. The highest BCUT2D eigenvalue weighted by Gasteiger charge is 2.18. The normalized spacial score (nSPS) is 12.7. The molecule has 0 aromatic carbocycles. The Morgan fingerprint density at radius 1 is 0.458 bits per heavy atom. The van der Waals surface area contributed by atoms with Gasteiger partial charge in [0.15, 0.2) is 0 Å². The van der Waals surface area contributed by atoms with Crippen molar-refractivity contribution in [3.05, 3.63) is 12.2 Å². The fourth-order valence-electron chi connectivity index (χ4n) is 8.22. The second kappa shape index (κ2) is 49.3. The summed E-state index contributed by atoms with van der Waals surface area (Å²) in [7, 11) is 0. The van der Waals surface area contributed by atoms with Crippen molar-refractivity contribution in [2.24, 2.45) is 0 Å². The third-order valence-corrected chi connectivity index (χ3v) is 12.3. The predicted molar refractivity (Wildman–Crippen MR) is 255 cm³/mol. The maximum absolute atomic E-state index is 12.4. The van der Waals surface area contributed by atoms with Crippen LogP contribution in [-0.2, 0) is 14.3 Å². The lowest BCUT2D eigenvalue weighted by Gasteiger charge is -2.20. The first kappa shape index (κ1) is 57.6. The van der Waals surface area contributed by atoms with Crippen molar-refractivity contribution in [3.63, 3.8) is 0 Å². The second-order valence-electron chi connectivity index (χ2n) is 18.2. The molecule has 0 bridgehead atoms. The number of hydrogen-bond acceptors (Lipinski definition) is 5. The first-order valence-corrected chi connectivity index (χ1v) is 26.5. The van der Waals surface area contributed by atoms with Gasteiger partial charge < -0.3 is 20.3 Å². The Balaban J connectivity index is 3.41. The average molecular weight is 834 g/mol. The SMILES string of the molecule is CCCCCCCCCCC/C=C/C(O)C(CO)NC(=O)CCCCCCCCCCCCCCCCCCCOC(=O)CCCCCCCCCCCCCCCC. The van der Waals surface area contributed by atoms with Gasteiger partial charge in [0.05, 0.1) is 25.4 Å². The van der Waals surface area contributed by atoms with Gasteiger partial charge in [-0.05, 0) is 32.1 Å². The number of nitrogens with one attached hydrogen (secondary N) is 1. The summed E-state index contributed by atoms with van der Waals surface area (Å²) in [6.07, 6.45) is 56.4. The van der Waals surface area contributed by atoms with Crippen LogP contribution in [0.1, 0.15) is 290 Å². The van der Waals surface area contributed by atoms with E-state index in [1.807, 2.05) is 6.08 Å². The highest BCUT2D eigenvalue weighted by molar-refractivity contribution is 5.76. The van der Waals surface area contributed by atoms with Crippen molar-refractivity contribution >= 4 is 11.9 Å². The largest absolute Gasteiger partial charge is 0.466 e. The Hall–Kier alpha value is -1.40. The molecule has 0 saturated carbocycles. The van der Waals surface area contributed by atoms with Gasteiger partial charge in [0.25, 0.3) is 0 Å². The number of unbranched alkanes of at least 4 members (excludes halogenated alkanes) is 38. The van der Waals surface area contributed by atoms with E-state index >= 15 is 0 Å². The molecule has 0 spiro atoms. The molecule has 350 valence electrons. The minimum Gasteiger partial charge on any atom is -0.466 e. The molecule has 0 heterocycles. The average Bonchev–Trinajstić information content (AvgIpc) is 3.24. The van der Waals surface area contributed by atoms with Crippen LogP contribution >= 0.6 is 0 Å². The molecule has 1 amide bonds. The molecule has 0 aliphatic carbocycles. The Labute approximate surface area is 368 Å². The first-order valence-electron chi connectivity index (χ1n) is 26.5. The van der Waals surface area contributed by atoms with Crippen molar-refractivity contribution in [2.75, 3.05) is 13.2 Å². The van der Waals surface area contributed by atoms with Gasteiger partial charge in [0.2, 0.25) is 5.91 Å². The highest BCUT2D eigenvalue weighted by atomic mass is 16.5.